The first-order chi connectivity index (χ1) is 9.91. The molecule has 3 rings (SSSR count). The molecule has 2 radical (unpaired) electrons. The lowest BCUT2D eigenvalue weighted by Crippen LogP contribution is -2.15. The molecule has 0 amide bonds. The van der Waals surface area contributed by atoms with Crippen molar-refractivity contribution in [1.82, 2.24) is 8.96 Å². The van der Waals surface area contributed by atoms with Gasteiger partial charge in [0.05, 0.1) is 8.60 Å². The Balaban J connectivity index is 2.31. The molecule has 0 aliphatic rings. The van der Waals surface area contributed by atoms with Crippen LogP contribution in [0.2, 0.25) is 0 Å². The van der Waals surface area contributed by atoms with Crippen molar-refractivity contribution in [3.8, 4) is 0 Å². The number of aryl methyl sites for hydroxylation is 1. The van der Waals surface area contributed by atoms with Crippen molar-refractivity contribution in [2.45, 2.75) is 11.8 Å². The first-order valence-corrected chi connectivity index (χ1v) is 8.67. The summed E-state index contributed by atoms with van der Waals surface area (Å²) in [6.07, 6.45) is 1.51. The number of benzene rings is 1. The summed E-state index contributed by atoms with van der Waals surface area (Å²) in [4.78, 5) is 4.40. The van der Waals surface area contributed by atoms with Gasteiger partial charge in [-0.3, -0.25) is 0 Å². The van der Waals surface area contributed by atoms with Crippen LogP contribution in [-0.2, 0) is 10.0 Å². The van der Waals surface area contributed by atoms with Gasteiger partial charge in [0.15, 0.2) is 5.65 Å². The Kier molecular flexibility index (Phi) is 3.57. The number of aromatic nitrogens is 2. The summed E-state index contributed by atoms with van der Waals surface area (Å²) in [5.41, 5.74) is 1.86. The molecule has 0 bridgehead atoms. The number of hydrogen-bond acceptors (Lipinski definition) is 3. The second-order valence-corrected chi connectivity index (χ2v) is 7.58. The molecule has 2 heterocycles. The van der Waals surface area contributed by atoms with Crippen molar-refractivity contribution < 1.29 is 8.42 Å². The number of halogens is 1. The van der Waals surface area contributed by atoms with Crippen molar-refractivity contribution in [1.29, 1.82) is 0 Å². The molecule has 0 spiro atoms. The van der Waals surface area contributed by atoms with E-state index in [0.717, 1.165) is 5.56 Å². The van der Waals surface area contributed by atoms with Gasteiger partial charge in [0.1, 0.15) is 7.85 Å². The van der Waals surface area contributed by atoms with Crippen LogP contribution in [0.15, 0.2) is 47.5 Å². The van der Waals surface area contributed by atoms with Gasteiger partial charge in [0.25, 0.3) is 10.0 Å². The highest BCUT2D eigenvalue weighted by Gasteiger charge is 2.23. The van der Waals surface area contributed by atoms with Crippen LogP contribution in [0.5, 0.6) is 0 Å². The molecule has 0 aliphatic heterocycles. The lowest BCUT2D eigenvalue weighted by Gasteiger charge is -2.09. The third kappa shape index (κ3) is 2.38. The standard InChI is InChI=1S/C14H10BIN2O2S/c1-9-2-4-10(5-3-9)21(19,20)18-13(16)8-11-12(15)6-7-17-14(11)18/h2-8H,1H3. The van der Waals surface area contributed by atoms with Gasteiger partial charge in [-0.2, -0.15) is 0 Å². The maximum Gasteiger partial charge on any atom is 0.270 e. The van der Waals surface area contributed by atoms with Gasteiger partial charge in [-0.15, -0.1) is 0 Å². The summed E-state index contributed by atoms with van der Waals surface area (Å²) in [5.74, 6) is 0. The average Bonchev–Trinajstić information content (AvgIpc) is 2.77. The topological polar surface area (TPSA) is 52.0 Å². The third-order valence-corrected chi connectivity index (χ3v) is 6.05. The monoisotopic (exact) mass is 408 g/mol. The minimum absolute atomic E-state index is 0.229. The fraction of sp³-hybridized carbons (Fsp3) is 0.0714. The Labute approximate surface area is 137 Å². The Morgan fingerprint density at radius 1 is 1.19 bits per heavy atom. The maximum absolute atomic E-state index is 12.8. The number of fused-ring (bicyclic) bond motifs is 1. The molecule has 2 aromatic heterocycles. The van der Waals surface area contributed by atoms with E-state index in [2.05, 4.69) is 4.98 Å². The number of pyridine rings is 1. The molecule has 7 heteroatoms. The van der Waals surface area contributed by atoms with E-state index in [0.29, 0.717) is 20.2 Å². The molecule has 0 N–H and O–H groups in total. The molecule has 0 saturated heterocycles. The van der Waals surface area contributed by atoms with Crippen LogP contribution in [0.25, 0.3) is 11.0 Å². The van der Waals surface area contributed by atoms with Crippen LogP contribution in [0.1, 0.15) is 5.56 Å². The molecule has 4 nitrogen and oxygen atoms in total. The lowest BCUT2D eigenvalue weighted by molar-refractivity contribution is 0.588. The summed E-state index contributed by atoms with van der Waals surface area (Å²) in [7, 11) is 2.19. The molecule has 0 atom stereocenters. The van der Waals surface area contributed by atoms with Gasteiger partial charge in [-0.05, 0) is 47.7 Å². The molecular weight excluding hydrogens is 398 g/mol. The van der Waals surface area contributed by atoms with E-state index in [1.54, 1.807) is 36.4 Å². The fourth-order valence-corrected chi connectivity index (χ4v) is 4.77. The van der Waals surface area contributed by atoms with Crippen LogP contribution in [0.4, 0.5) is 0 Å². The summed E-state index contributed by atoms with van der Waals surface area (Å²) < 4.78 is 27.4. The first kappa shape index (κ1) is 14.6. The van der Waals surface area contributed by atoms with Gasteiger partial charge >= 0.3 is 0 Å². The molecule has 104 valence electrons. The van der Waals surface area contributed by atoms with Crippen molar-refractivity contribution in [3.63, 3.8) is 0 Å². The Bertz CT molecular complexity index is 934. The Morgan fingerprint density at radius 2 is 1.86 bits per heavy atom. The molecule has 0 saturated carbocycles. The second kappa shape index (κ2) is 5.13. The molecule has 0 aliphatic carbocycles. The van der Waals surface area contributed by atoms with Gasteiger partial charge in [-0.25, -0.2) is 17.4 Å². The van der Waals surface area contributed by atoms with Crippen LogP contribution < -0.4 is 5.46 Å². The number of rotatable bonds is 2. The molecule has 3 aromatic rings. The second-order valence-electron chi connectivity index (χ2n) is 4.69. The summed E-state index contributed by atoms with van der Waals surface area (Å²) in [6.45, 7) is 1.91. The molecule has 21 heavy (non-hydrogen) atoms. The van der Waals surface area contributed by atoms with E-state index in [9.17, 15) is 8.42 Å². The maximum atomic E-state index is 12.8. The van der Waals surface area contributed by atoms with E-state index >= 15 is 0 Å². The van der Waals surface area contributed by atoms with Gasteiger partial charge in [0.2, 0.25) is 0 Å². The lowest BCUT2D eigenvalue weighted by atomic mass is 9.95. The minimum Gasteiger partial charge on any atom is -0.237 e. The van der Waals surface area contributed by atoms with E-state index in [4.69, 9.17) is 7.85 Å². The summed E-state index contributed by atoms with van der Waals surface area (Å²) in [6, 6.07) is 10.1. The first-order valence-electron chi connectivity index (χ1n) is 6.15. The SMILES string of the molecule is [B]c1ccnc2c1cc(I)n2S(=O)(=O)c1ccc(C)cc1. The van der Waals surface area contributed by atoms with Gasteiger partial charge in [-0.1, -0.05) is 29.2 Å². The number of nitrogens with zero attached hydrogens (tertiary/aromatic N) is 2. The highest BCUT2D eigenvalue weighted by molar-refractivity contribution is 14.1. The van der Waals surface area contributed by atoms with E-state index < -0.39 is 10.0 Å². The normalized spacial score (nSPS) is 11.9. The largest absolute Gasteiger partial charge is 0.270 e. The van der Waals surface area contributed by atoms with Crippen LogP contribution in [0.3, 0.4) is 0 Å². The zero-order chi connectivity index (χ0) is 15.2. The smallest absolute Gasteiger partial charge is 0.237 e. The zero-order valence-electron chi connectivity index (χ0n) is 11.1. The molecule has 1 aromatic carbocycles. The average molecular weight is 408 g/mol. The molecule has 0 unspecified atom stereocenters. The van der Waals surface area contributed by atoms with Crippen molar-refractivity contribution >= 4 is 57.0 Å². The van der Waals surface area contributed by atoms with Gasteiger partial charge in [0, 0.05) is 11.6 Å². The van der Waals surface area contributed by atoms with Crippen molar-refractivity contribution in [3.05, 3.63) is 51.9 Å². The fourth-order valence-electron chi connectivity index (χ4n) is 2.11. The highest BCUT2D eigenvalue weighted by Crippen LogP contribution is 2.24. The number of hydrogen-bond donors (Lipinski definition) is 0. The molecule has 0 fully saturated rings. The highest BCUT2D eigenvalue weighted by atomic mass is 127. The Morgan fingerprint density at radius 3 is 2.52 bits per heavy atom. The van der Waals surface area contributed by atoms with Crippen molar-refractivity contribution in [2.24, 2.45) is 0 Å². The molecular formula is C14H10BIN2O2S. The van der Waals surface area contributed by atoms with Crippen molar-refractivity contribution in [2.75, 3.05) is 0 Å². The van der Waals surface area contributed by atoms with Crippen LogP contribution in [0, 0.1) is 10.6 Å². The summed E-state index contributed by atoms with van der Waals surface area (Å²) >= 11 is 1.98. The predicted molar refractivity (Wildman–Crippen MR) is 91.6 cm³/mol. The zero-order valence-corrected chi connectivity index (χ0v) is 14.1. The summed E-state index contributed by atoms with van der Waals surface area (Å²) in [5, 5.41) is 0.637. The van der Waals surface area contributed by atoms with E-state index in [1.807, 2.05) is 29.5 Å². The van der Waals surface area contributed by atoms with Crippen LogP contribution >= 0.6 is 22.6 Å². The van der Waals surface area contributed by atoms with Crippen LogP contribution in [-0.4, -0.2) is 25.2 Å². The quantitative estimate of drug-likeness (QED) is 0.482. The van der Waals surface area contributed by atoms with E-state index in [-0.39, 0.29) is 4.90 Å². The third-order valence-electron chi connectivity index (χ3n) is 3.21. The van der Waals surface area contributed by atoms with E-state index in [1.165, 1.54) is 10.2 Å². The predicted octanol–water partition coefficient (Wildman–Crippen LogP) is 1.98. The Hall–Kier alpha value is -1.35. The minimum atomic E-state index is -3.70. The van der Waals surface area contributed by atoms with Gasteiger partial charge < -0.3 is 0 Å².